The molecule has 21 heavy (non-hydrogen) atoms. The van der Waals surface area contributed by atoms with Gasteiger partial charge in [-0.3, -0.25) is 20.2 Å². The Labute approximate surface area is 118 Å². The second kappa shape index (κ2) is 6.27. The number of hydrogen-bond acceptors (Lipinski definition) is 7. The monoisotopic (exact) mass is 296 g/mol. The minimum Gasteiger partial charge on any atom is -0.459 e. The summed E-state index contributed by atoms with van der Waals surface area (Å²) in [5.74, 6) is -0.850. The Hall–Kier alpha value is -2.55. The molecule has 0 aromatic heterocycles. The quantitative estimate of drug-likeness (QED) is 0.461. The van der Waals surface area contributed by atoms with E-state index in [-0.39, 0.29) is 18.3 Å². The van der Waals surface area contributed by atoms with Gasteiger partial charge in [-0.05, 0) is 12.8 Å². The largest absolute Gasteiger partial charge is 0.459 e. The number of carbonyl (C=O) groups excluding carboxylic acids is 1. The number of non-ortho nitro benzene ring substituents is 2. The van der Waals surface area contributed by atoms with Crippen molar-refractivity contribution in [3.8, 4) is 0 Å². The van der Waals surface area contributed by atoms with E-state index in [1.165, 1.54) is 0 Å². The summed E-state index contributed by atoms with van der Waals surface area (Å²) in [4.78, 5) is 31.7. The van der Waals surface area contributed by atoms with Crippen LogP contribution in [-0.2, 0) is 9.47 Å². The molecule has 1 heterocycles. The van der Waals surface area contributed by atoms with Gasteiger partial charge in [0.15, 0.2) is 0 Å². The van der Waals surface area contributed by atoms with Crippen LogP contribution in [0.4, 0.5) is 11.4 Å². The summed E-state index contributed by atoms with van der Waals surface area (Å²) < 4.78 is 10.2. The molecule has 1 aromatic rings. The molecule has 1 aliphatic heterocycles. The minimum atomic E-state index is -0.850. The van der Waals surface area contributed by atoms with Gasteiger partial charge < -0.3 is 9.47 Å². The van der Waals surface area contributed by atoms with E-state index in [2.05, 4.69) is 0 Å². The van der Waals surface area contributed by atoms with Crippen LogP contribution in [0, 0.1) is 20.2 Å². The first-order valence-corrected chi connectivity index (χ1v) is 6.20. The third-order valence-corrected chi connectivity index (χ3v) is 2.98. The molecule has 1 aromatic carbocycles. The first kappa shape index (κ1) is 14.9. The van der Waals surface area contributed by atoms with Crippen molar-refractivity contribution in [2.45, 2.75) is 18.9 Å². The van der Waals surface area contributed by atoms with Crippen molar-refractivity contribution >= 4 is 17.3 Å². The van der Waals surface area contributed by atoms with Crippen molar-refractivity contribution in [1.82, 2.24) is 0 Å². The van der Waals surface area contributed by atoms with Crippen molar-refractivity contribution in [2.75, 3.05) is 13.2 Å². The van der Waals surface area contributed by atoms with Crippen LogP contribution in [-0.4, -0.2) is 35.1 Å². The van der Waals surface area contributed by atoms with Gasteiger partial charge in [-0.25, -0.2) is 4.79 Å². The summed E-state index contributed by atoms with van der Waals surface area (Å²) in [7, 11) is 0. The zero-order valence-corrected chi connectivity index (χ0v) is 10.9. The zero-order valence-electron chi connectivity index (χ0n) is 10.9. The molecule has 1 saturated heterocycles. The van der Waals surface area contributed by atoms with Gasteiger partial charge in [-0.2, -0.15) is 0 Å². The van der Waals surface area contributed by atoms with Crippen LogP contribution in [0.25, 0.3) is 0 Å². The summed E-state index contributed by atoms with van der Waals surface area (Å²) in [5.41, 5.74) is -1.30. The maximum Gasteiger partial charge on any atom is 0.338 e. The summed E-state index contributed by atoms with van der Waals surface area (Å²) >= 11 is 0. The summed E-state index contributed by atoms with van der Waals surface area (Å²) in [6.45, 7) is 0.625. The number of nitrogens with zero attached hydrogens (tertiary/aromatic N) is 2. The van der Waals surface area contributed by atoms with Gasteiger partial charge in [-0.1, -0.05) is 0 Å². The van der Waals surface area contributed by atoms with E-state index in [1.54, 1.807) is 0 Å². The third-order valence-electron chi connectivity index (χ3n) is 2.98. The first-order valence-electron chi connectivity index (χ1n) is 6.20. The van der Waals surface area contributed by atoms with E-state index >= 15 is 0 Å². The molecule has 0 N–H and O–H groups in total. The maximum absolute atomic E-state index is 11.8. The van der Waals surface area contributed by atoms with Crippen LogP contribution in [0.5, 0.6) is 0 Å². The van der Waals surface area contributed by atoms with E-state index in [4.69, 9.17) is 9.47 Å². The molecule has 1 unspecified atom stereocenters. The highest BCUT2D eigenvalue weighted by molar-refractivity contribution is 5.91. The Kier molecular flexibility index (Phi) is 4.43. The minimum absolute atomic E-state index is 0.0231. The molecule has 9 nitrogen and oxygen atoms in total. The molecule has 1 fully saturated rings. The summed E-state index contributed by atoms with van der Waals surface area (Å²) in [6, 6.07) is 2.69. The van der Waals surface area contributed by atoms with Gasteiger partial charge in [0.1, 0.15) is 6.61 Å². The molecule has 0 saturated carbocycles. The Bertz CT molecular complexity index is 549. The third kappa shape index (κ3) is 3.72. The lowest BCUT2D eigenvalue weighted by Crippen LogP contribution is -2.18. The van der Waals surface area contributed by atoms with Gasteiger partial charge in [0.25, 0.3) is 11.4 Å². The van der Waals surface area contributed by atoms with Gasteiger partial charge in [-0.15, -0.1) is 0 Å². The summed E-state index contributed by atoms with van der Waals surface area (Å²) in [5, 5.41) is 21.5. The predicted molar refractivity (Wildman–Crippen MR) is 69.0 cm³/mol. The Morgan fingerprint density at radius 3 is 2.33 bits per heavy atom. The maximum atomic E-state index is 11.8. The lowest BCUT2D eigenvalue weighted by molar-refractivity contribution is -0.394. The SMILES string of the molecule is O=C(OCC1CCCO1)c1cc([N+](=O)[O-])cc([N+](=O)[O-])c1. The van der Waals surface area contributed by atoms with Crippen LogP contribution in [0.1, 0.15) is 23.2 Å². The van der Waals surface area contributed by atoms with E-state index in [1.807, 2.05) is 0 Å². The molecule has 0 bridgehead atoms. The number of benzene rings is 1. The number of esters is 1. The molecule has 112 valence electrons. The van der Waals surface area contributed by atoms with E-state index in [9.17, 15) is 25.0 Å². The zero-order chi connectivity index (χ0) is 15.4. The number of hydrogen-bond donors (Lipinski definition) is 0. The summed E-state index contributed by atoms with van der Waals surface area (Å²) in [6.07, 6.45) is 1.45. The van der Waals surface area contributed by atoms with E-state index in [0.29, 0.717) is 6.61 Å². The molecule has 0 aliphatic carbocycles. The fourth-order valence-electron chi connectivity index (χ4n) is 1.95. The number of carbonyl (C=O) groups is 1. The van der Waals surface area contributed by atoms with Crippen LogP contribution in [0.3, 0.4) is 0 Å². The second-order valence-electron chi connectivity index (χ2n) is 4.49. The number of rotatable bonds is 5. The van der Waals surface area contributed by atoms with Crippen molar-refractivity contribution in [3.63, 3.8) is 0 Å². The average Bonchev–Trinajstić information content (AvgIpc) is 2.97. The van der Waals surface area contributed by atoms with Crippen molar-refractivity contribution < 1.29 is 24.1 Å². The molecular weight excluding hydrogens is 284 g/mol. The van der Waals surface area contributed by atoms with Gasteiger partial charge in [0.05, 0.1) is 27.6 Å². The highest BCUT2D eigenvalue weighted by atomic mass is 16.6. The van der Waals surface area contributed by atoms with E-state index < -0.39 is 27.2 Å². The van der Waals surface area contributed by atoms with Crippen LogP contribution in [0.15, 0.2) is 18.2 Å². The predicted octanol–water partition coefficient (Wildman–Crippen LogP) is 1.84. The fraction of sp³-hybridized carbons (Fsp3) is 0.417. The van der Waals surface area contributed by atoms with Gasteiger partial charge in [0.2, 0.25) is 0 Å². The van der Waals surface area contributed by atoms with Gasteiger partial charge >= 0.3 is 5.97 Å². The van der Waals surface area contributed by atoms with E-state index in [0.717, 1.165) is 31.0 Å². The normalized spacial score (nSPS) is 17.4. The molecule has 0 amide bonds. The van der Waals surface area contributed by atoms with Crippen molar-refractivity contribution in [1.29, 1.82) is 0 Å². The Balaban J connectivity index is 2.14. The highest BCUT2D eigenvalue weighted by Crippen LogP contribution is 2.23. The standard InChI is InChI=1S/C12H12N2O7/c15-12(21-7-11-2-1-3-20-11)8-4-9(13(16)17)6-10(5-8)14(18)19/h4-6,11H,1-3,7H2. The molecule has 9 heteroatoms. The molecule has 1 aliphatic rings. The molecule has 0 radical (unpaired) electrons. The second-order valence-corrected chi connectivity index (χ2v) is 4.49. The molecular formula is C12H12N2O7. The highest BCUT2D eigenvalue weighted by Gasteiger charge is 2.22. The topological polar surface area (TPSA) is 122 Å². The van der Waals surface area contributed by atoms with Crippen LogP contribution in [0.2, 0.25) is 0 Å². The lowest BCUT2D eigenvalue weighted by atomic mass is 10.2. The number of ether oxygens (including phenoxy) is 2. The van der Waals surface area contributed by atoms with Crippen LogP contribution >= 0.6 is 0 Å². The van der Waals surface area contributed by atoms with Gasteiger partial charge in [0, 0.05) is 18.7 Å². The first-order chi connectivity index (χ1) is 9.97. The number of nitro benzene ring substituents is 2. The Morgan fingerprint density at radius 2 is 1.86 bits per heavy atom. The average molecular weight is 296 g/mol. The molecule has 0 spiro atoms. The smallest absolute Gasteiger partial charge is 0.338 e. The Morgan fingerprint density at radius 1 is 1.24 bits per heavy atom. The number of nitro groups is 2. The van der Waals surface area contributed by atoms with Crippen LogP contribution < -0.4 is 0 Å². The molecule has 1 atom stereocenters. The van der Waals surface area contributed by atoms with Crippen molar-refractivity contribution in [3.05, 3.63) is 44.0 Å². The van der Waals surface area contributed by atoms with Crippen molar-refractivity contribution in [2.24, 2.45) is 0 Å². The lowest BCUT2D eigenvalue weighted by Gasteiger charge is -2.10. The molecule has 2 rings (SSSR count). The fourth-order valence-corrected chi connectivity index (χ4v) is 1.95.